The number of carbonyl (C=O) groups is 1. The highest BCUT2D eigenvalue weighted by molar-refractivity contribution is 7.91. The van der Waals surface area contributed by atoms with E-state index in [0.717, 1.165) is 12.8 Å². The first kappa shape index (κ1) is 14.9. The van der Waals surface area contributed by atoms with Crippen LogP contribution in [0.4, 0.5) is 0 Å². The van der Waals surface area contributed by atoms with E-state index in [-0.39, 0.29) is 16.4 Å². The van der Waals surface area contributed by atoms with E-state index in [4.69, 9.17) is 5.11 Å². The maximum absolute atomic E-state index is 11.7. The number of sulfone groups is 1. The second kappa shape index (κ2) is 6.66. The lowest BCUT2D eigenvalue weighted by atomic mass is 10.1. The Morgan fingerprint density at radius 3 is 2.33 bits per heavy atom. The van der Waals surface area contributed by atoms with Crippen LogP contribution in [-0.4, -0.2) is 31.7 Å². The Kier molecular flexibility index (Phi) is 5.50. The first-order chi connectivity index (χ1) is 8.51. The van der Waals surface area contributed by atoms with Gasteiger partial charge < -0.3 is 5.11 Å². The third kappa shape index (κ3) is 3.92. The van der Waals surface area contributed by atoms with Crippen LogP contribution in [-0.2, 0) is 9.84 Å². The molecule has 5 heteroatoms. The zero-order valence-corrected chi connectivity index (χ0v) is 11.2. The van der Waals surface area contributed by atoms with Gasteiger partial charge in [-0.1, -0.05) is 25.5 Å². The van der Waals surface area contributed by atoms with E-state index < -0.39 is 16.4 Å². The topological polar surface area (TPSA) is 71.4 Å². The highest BCUT2D eigenvalue weighted by Crippen LogP contribution is 2.14. The molecular formula is C13H18O4S. The number of hydrogen-bond acceptors (Lipinski definition) is 4. The van der Waals surface area contributed by atoms with Gasteiger partial charge in [0.05, 0.1) is 17.3 Å². The second-order valence-corrected chi connectivity index (χ2v) is 6.20. The van der Waals surface area contributed by atoms with Crippen LogP contribution in [0, 0.1) is 0 Å². The second-order valence-electron chi connectivity index (χ2n) is 4.09. The van der Waals surface area contributed by atoms with Crippen molar-refractivity contribution in [3.8, 4) is 0 Å². The van der Waals surface area contributed by atoms with Crippen LogP contribution in [0.5, 0.6) is 0 Å². The highest BCUT2D eigenvalue weighted by Gasteiger charge is 2.14. The molecule has 0 aliphatic rings. The fraction of sp³-hybridized carbons (Fsp3) is 0.462. The minimum Gasteiger partial charge on any atom is -0.395 e. The standard InChI is InChI=1S/C13H18O4S/c1-2-3-4-13(15)11-5-7-12(8-6-11)18(16,17)10-9-14/h5-8,14H,2-4,9-10H2,1H3. The highest BCUT2D eigenvalue weighted by atomic mass is 32.2. The van der Waals surface area contributed by atoms with Crippen LogP contribution < -0.4 is 0 Å². The normalized spacial score (nSPS) is 11.4. The number of aliphatic hydroxyl groups is 1. The van der Waals surface area contributed by atoms with Crippen molar-refractivity contribution in [3.05, 3.63) is 29.8 Å². The summed E-state index contributed by atoms with van der Waals surface area (Å²) in [7, 11) is -3.43. The Morgan fingerprint density at radius 2 is 1.83 bits per heavy atom. The summed E-state index contributed by atoms with van der Waals surface area (Å²) in [6.45, 7) is 1.61. The molecule has 0 atom stereocenters. The lowest BCUT2D eigenvalue weighted by molar-refractivity contribution is 0.0979. The largest absolute Gasteiger partial charge is 0.395 e. The fourth-order valence-corrected chi connectivity index (χ4v) is 2.59. The molecule has 1 aromatic carbocycles. The minimum absolute atomic E-state index is 0.0305. The summed E-state index contributed by atoms with van der Waals surface area (Å²) in [5, 5.41) is 8.67. The summed E-state index contributed by atoms with van der Waals surface area (Å²) < 4.78 is 23.3. The van der Waals surface area contributed by atoms with Gasteiger partial charge in [0.25, 0.3) is 0 Å². The maximum Gasteiger partial charge on any atom is 0.180 e. The van der Waals surface area contributed by atoms with Crippen molar-refractivity contribution >= 4 is 15.6 Å². The molecule has 0 bridgehead atoms. The Balaban J connectivity index is 2.83. The quantitative estimate of drug-likeness (QED) is 0.767. The molecule has 0 aliphatic heterocycles. The van der Waals surface area contributed by atoms with Gasteiger partial charge >= 0.3 is 0 Å². The summed E-state index contributed by atoms with van der Waals surface area (Å²) in [6.07, 6.45) is 2.28. The summed E-state index contributed by atoms with van der Waals surface area (Å²) in [4.78, 5) is 11.8. The van der Waals surface area contributed by atoms with Crippen molar-refractivity contribution in [1.29, 1.82) is 0 Å². The van der Waals surface area contributed by atoms with Crippen LogP contribution in [0.1, 0.15) is 36.5 Å². The molecule has 100 valence electrons. The number of aliphatic hydroxyl groups excluding tert-OH is 1. The molecule has 0 amide bonds. The Labute approximate surface area is 108 Å². The van der Waals surface area contributed by atoms with Gasteiger partial charge in [-0.15, -0.1) is 0 Å². The van der Waals surface area contributed by atoms with Gasteiger partial charge in [-0.25, -0.2) is 8.42 Å². The Bertz CT molecular complexity index is 488. The first-order valence-corrected chi connectivity index (χ1v) is 7.63. The van der Waals surface area contributed by atoms with Crippen LogP contribution in [0.25, 0.3) is 0 Å². The molecule has 0 radical (unpaired) electrons. The molecule has 0 aliphatic carbocycles. The third-order valence-corrected chi connectivity index (χ3v) is 4.36. The van der Waals surface area contributed by atoms with Crippen LogP contribution >= 0.6 is 0 Å². The van der Waals surface area contributed by atoms with Gasteiger partial charge in [0, 0.05) is 12.0 Å². The van der Waals surface area contributed by atoms with E-state index in [2.05, 4.69) is 0 Å². The fourth-order valence-electron chi connectivity index (χ4n) is 1.57. The Hall–Kier alpha value is -1.20. The van der Waals surface area contributed by atoms with E-state index in [1.807, 2.05) is 6.92 Å². The van der Waals surface area contributed by atoms with Gasteiger partial charge in [-0.2, -0.15) is 0 Å². The van der Waals surface area contributed by atoms with E-state index >= 15 is 0 Å². The molecule has 0 fully saturated rings. The molecule has 0 heterocycles. The number of rotatable bonds is 7. The summed E-state index contributed by atoms with van der Waals surface area (Å²) in [5.74, 6) is -0.265. The molecule has 1 rings (SSSR count). The minimum atomic E-state index is -3.43. The number of benzene rings is 1. The Morgan fingerprint density at radius 1 is 1.22 bits per heavy atom. The van der Waals surface area contributed by atoms with E-state index in [1.54, 1.807) is 0 Å². The number of ketones is 1. The van der Waals surface area contributed by atoms with E-state index in [1.165, 1.54) is 24.3 Å². The molecule has 0 saturated carbocycles. The van der Waals surface area contributed by atoms with Crippen molar-refractivity contribution in [3.63, 3.8) is 0 Å². The summed E-state index contributed by atoms with van der Waals surface area (Å²) >= 11 is 0. The monoisotopic (exact) mass is 270 g/mol. The van der Waals surface area contributed by atoms with Gasteiger partial charge in [-0.3, -0.25) is 4.79 Å². The third-order valence-electron chi connectivity index (χ3n) is 2.65. The lowest BCUT2D eigenvalue weighted by Crippen LogP contribution is -2.10. The molecule has 0 saturated heterocycles. The SMILES string of the molecule is CCCCC(=O)c1ccc(S(=O)(=O)CCO)cc1. The van der Waals surface area contributed by atoms with Crippen LogP contribution in [0.2, 0.25) is 0 Å². The van der Waals surface area contributed by atoms with E-state index in [9.17, 15) is 13.2 Å². The van der Waals surface area contributed by atoms with Gasteiger partial charge in [0.2, 0.25) is 0 Å². The van der Waals surface area contributed by atoms with Crippen molar-refractivity contribution in [2.24, 2.45) is 0 Å². The van der Waals surface area contributed by atoms with Crippen LogP contribution in [0.15, 0.2) is 29.2 Å². The van der Waals surface area contributed by atoms with Crippen LogP contribution in [0.3, 0.4) is 0 Å². The molecule has 18 heavy (non-hydrogen) atoms. The lowest BCUT2D eigenvalue weighted by Gasteiger charge is -2.04. The molecule has 1 N–H and O–H groups in total. The predicted molar refractivity (Wildman–Crippen MR) is 69.4 cm³/mol. The summed E-state index contributed by atoms with van der Waals surface area (Å²) in [6, 6.07) is 5.90. The smallest absolute Gasteiger partial charge is 0.180 e. The predicted octanol–water partition coefficient (Wildman–Crippen LogP) is 1.83. The summed E-state index contributed by atoms with van der Waals surface area (Å²) in [5.41, 5.74) is 0.534. The molecular weight excluding hydrogens is 252 g/mol. The van der Waals surface area contributed by atoms with Gasteiger partial charge in [0.1, 0.15) is 0 Å². The zero-order chi connectivity index (χ0) is 13.6. The van der Waals surface area contributed by atoms with Crippen molar-refractivity contribution in [1.82, 2.24) is 0 Å². The molecule has 1 aromatic rings. The van der Waals surface area contributed by atoms with Crippen molar-refractivity contribution in [2.75, 3.05) is 12.4 Å². The number of carbonyl (C=O) groups excluding carboxylic acids is 1. The molecule has 0 unspecified atom stereocenters. The number of hydrogen-bond donors (Lipinski definition) is 1. The molecule has 4 nitrogen and oxygen atoms in total. The first-order valence-electron chi connectivity index (χ1n) is 5.98. The number of Topliss-reactive ketones (excluding diaryl/α,β-unsaturated/α-hetero) is 1. The average molecular weight is 270 g/mol. The van der Waals surface area contributed by atoms with Gasteiger partial charge in [-0.05, 0) is 18.6 Å². The van der Waals surface area contributed by atoms with Gasteiger partial charge in [0.15, 0.2) is 15.6 Å². The average Bonchev–Trinajstić information content (AvgIpc) is 2.36. The zero-order valence-electron chi connectivity index (χ0n) is 10.4. The maximum atomic E-state index is 11.7. The number of unbranched alkanes of at least 4 members (excludes halogenated alkanes) is 1. The van der Waals surface area contributed by atoms with Crippen molar-refractivity contribution < 1.29 is 18.3 Å². The van der Waals surface area contributed by atoms with Crippen molar-refractivity contribution in [2.45, 2.75) is 31.1 Å². The van der Waals surface area contributed by atoms with E-state index in [0.29, 0.717) is 12.0 Å². The molecule has 0 aromatic heterocycles. The molecule has 0 spiro atoms.